The van der Waals surface area contributed by atoms with Crippen LogP contribution < -0.4 is 5.46 Å². The lowest BCUT2D eigenvalue weighted by Crippen LogP contribution is -2.41. The van der Waals surface area contributed by atoms with E-state index in [4.69, 9.17) is 25.6 Å². The molecule has 30 heavy (non-hydrogen) atoms. The van der Waals surface area contributed by atoms with Crippen LogP contribution in [0.2, 0.25) is 5.02 Å². The lowest BCUT2D eigenvalue weighted by atomic mass is 9.72. The summed E-state index contributed by atoms with van der Waals surface area (Å²) in [6.45, 7) is 10.9. The summed E-state index contributed by atoms with van der Waals surface area (Å²) in [5.41, 5.74) is 1.33. The first-order chi connectivity index (χ1) is 14.2. The summed E-state index contributed by atoms with van der Waals surface area (Å²) < 4.78 is 20.6. The fourth-order valence-electron chi connectivity index (χ4n) is 4.31. The molecule has 2 fully saturated rings. The van der Waals surface area contributed by atoms with Gasteiger partial charge in [0.15, 0.2) is 6.23 Å². The standard InChI is InChI=1S/C22H32BClN2O4/c1-6-9-17(27)19-15(24)12-16-14(13-25-26(16)18-10-7-8-11-28-18)20(19)23-29-21(2,3)22(4,5)30-23/h12-13,17-18,27H,6-11H2,1-5H3. The molecule has 2 saturated heterocycles. The average Bonchev–Trinajstić information content (AvgIpc) is 3.18. The SMILES string of the molecule is CCCC(O)c1c(Cl)cc2c(cnn2C2CCCCO2)c1B1OC(C)(C)C(C)(C)O1. The summed E-state index contributed by atoms with van der Waals surface area (Å²) in [7, 11) is -0.636. The topological polar surface area (TPSA) is 65.7 Å². The third kappa shape index (κ3) is 3.69. The van der Waals surface area contributed by atoms with E-state index in [9.17, 15) is 5.11 Å². The molecule has 0 radical (unpaired) electrons. The molecule has 2 aliphatic heterocycles. The Hall–Kier alpha value is -1.12. The maximum atomic E-state index is 11.0. The highest BCUT2D eigenvalue weighted by Gasteiger charge is 2.53. The van der Waals surface area contributed by atoms with Crippen molar-refractivity contribution in [3.63, 3.8) is 0 Å². The van der Waals surface area contributed by atoms with Gasteiger partial charge in [0, 0.05) is 22.5 Å². The number of rotatable bonds is 5. The molecule has 164 valence electrons. The molecule has 0 bridgehead atoms. The molecular weight excluding hydrogens is 403 g/mol. The second-order valence-corrected chi connectivity index (χ2v) is 9.83. The molecule has 1 aromatic carbocycles. The Morgan fingerprint density at radius 3 is 2.57 bits per heavy atom. The number of benzene rings is 1. The Bertz CT molecular complexity index is 907. The summed E-state index contributed by atoms with van der Waals surface area (Å²) >= 11 is 6.77. The minimum absolute atomic E-state index is 0.107. The highest BCUT2D eigenvalue weighted by Crippen LogP contribution is 2.39. The van der Waals surface area contributed by atoms with E-state index in [1.54, 1.807) is 0 Å². The first-order valence-corrected chi connectivity index (χ1v) is 11.4. The van der Waals surface area contributed by atoms with Crippen LogP contribution in [-0.4, -0.2) is 39.8 Å². The van der Waals surface area contributed by atoms with E-state index in [2.05, 4.69) is 5.10 Å². The van der Waals surface area contributed by atoms with E-state index in [0.717, 1.165) is 48.7 Å². The van der Waals surface area contributed by atoms with Gasteiger partial charge in [0.2, 0.25) is 0 Å². The van der Waals surface area contributed by atoms with Gasteiger partial charge in [-0.05, 0) is 65.0 Å². The average molecular weight is 435 g/mol. The normalized spacial score (nSPS) is 24.5. The van der Waals surface area contributed by atoms with Gasteiger partial charge in [0.25, 0.3) is 0 Å². The van der Waals surface area contributed by atoms with Crippen LogP contribution in [0.4, 0.5) is 0 Å². The fourth-order valence-corrected chi connectivity index (χ4v) is 4.64. The van der Waals surface area contributed by atoms with Crippen LogP contribution in [0, 0.1) is 0 Å². The molecule has 2 aliphatic rings. The van der Waals surface area contributed by atoms with Crippen molar-refractivity contribution in [2.24, 2.45) is 0 Å². The highest BCUT2D eigenvalue weighted by molar-refractivity contribution is 6.66. The summed E-state index contributed by atoms with van der Waals surface area (Å²) in [5, 5.41) is 17.0. The third-order valence-corrected chi connectivity index (χ3v) is 7.06. The smallest absolute Gasteiger partial charge is 0.399 e. The van der Waals surface area contributed by atoms with E-state index in [0.29, 0.717) is 17.0 Å². The van der Waals surface area contributed by atoms with Gasteiger partial charge >= 0.3 is 7.12 Å². The number of halogens is 1. The minimum Gasteiger partial charge on any atom is -0.399 e. The van der Waals surface area contributed by atoms with Gasteiger partial charge in [0.05, 0.1) is 29.0 Å². The summed E-state index contributed by atoms with van der Waals surface area (Å²) in [5.74, 6) is 0. The molecule has 8 heteroatoms. The number of nitrogens with zero attached hydrogens (tertiary/aromatic N) is 2. The first-order valence-electron chi connectivity index (χ1n) is 11.0. The molecule has 1 aromatic heterocycles. The number of hydrogen-bond acceptors (Lipinski definition) is 5. The Labute approximate surface area is 184 Å². The van der Waals surface area contributed by atoms with Crippen molar-refractivity contribution < 1.29 is 19.2 Å². The first kappa shape index (κ1) is 22.1. The second kappa shape index (κ2) is 8.10. The van der Waals surface area contributed by atoms with Crippen molar-refractivity contribution in [3.8, 4) is 0 Å². The predicted octanol–water partition coefficient (Wildman–Crippen LogP) is 4.52. The van der Waals surface area contributed by atoms with Crippen LogP contribution in [0.5, 0.6) is 0 Å². The number of hydrogen-bond donors (Lipinski definition) is 1. The van der Waals surface area contributed by atoms with Gasteiger partial charge in [-0.2, -0.15) is 5.10 Å². The molecule has 1 N–H and O–H groups in total. The summed E-state index contributed by atoms with van der Waals surface area (Å²) in [6, 6.07) is 1.89. The van der Waals surface area contributed by atoms with Gasteiger partial charge in [0.1, 0.15) is 0 Å². The molecule has 2 aromatic rings. The van der Waals surface area contributed by atoms with Crippen LogP contribution in [0.15, 0.2) is 12.3 Å². The molecule has 0 spiro atoms. The van der Waals surface area contributed by atoms with Crippen LogP contribution in [0.1, 0.15) is 84.6 Å². The molecule has 2 atom stereocenters. The molecule has 0 aliphatic carbocycles. The van der Waals surface area contributed by atoms with Gasteiger partial charge < -0.3 is 19.2 Å². The van der Waals surface area contributed by atoms with Crippen LogP contribution in [0.25, 0.3) is 10.9 Å². The molecule has 2 unspecified atom stereocenters. The van der Waals surface area contributed by atoms with E-state index < -0.39 is 24.4 Å². The summed E-state index contributed by atoms with van der Waals surface area (Å²) in [6.07, 6.45) is 5.57. The van der Waals surface area contributed by atoms with Crippen molar-refractivity contribution in [1.29, 1.82) is 0 Å². The Balaban J connectivity index is 1.88. The Morgan fingerprint density at radius 1 is 1.27 bits per heavy atom. The Kier molecular flexibility index (Phi) is 5.96. The number of aliphatic hydroxyl groups excluding tert-OH is 1. The largest absolute Gasteiger partial charge is 0.496 e. The molecule has 0 saturated carbocycles. The lowest BCUT2D eigenvalue weighted by molar-refractivity contribution is -0.0366. The molecule has 3 heterocycles. The van der Waals surface area contributed by atoms with Crippen molar-refractivity contribution >= 4 is 35.1 Å². The number of aromatic nitrogens is 2. The zero-order chi connectivity index (χ0) is 21.7. The predicted molar refractivity (Wildman–Crippen MR) is 119 cm³/mol. The van der Waals surface area contributed by atoms with Crippen LogP contribution >= 0.6 is 11.6 Å². The zero-order valence-electron chi connectivity index (χ0n) is 18.6. The summed E-state index contributed by atoms with van der Waals surface area (Å²) in [4.78, 5) is 0. The van der Waals surface area contributed by atoms with E-state index in [1.807, 2.05) is 51.6 Å². The van der Waals surface area contributed by atoms with Gasteiger partial charge in [-0.3, -0.25) is 0 Å². The lowest BCUT2D eigenvalue weighted by Gasteiger charge is -2.32. The third-order valence-electron chi connectivity index (χ3n) is 6.75. The van der Waals surface area contributed by atoms with E-state index in [1.165, 1.54) is 0 Å². The fraction of sp³-hybridized carbons (Fsp3) is 0.682. The van der Waals surface area contributed by atoms with Crippen molar-refractivity contribution in [2.45, 2.75) is 90.3 Å². The zero-order valence-corrected chi connectivity index (χ0v) is 19.3. The van der Waals surface area contributed by atoms with Gasteiger partial charge in [-0.1, -0.05) is 24.9 Å². The van der Waals surface area contributed by atoms with Crippen molar-refractivity contribution in [1.82, 2.24) is 9.78 Å². The van der Waals surface area contributed by atoms with Crippen molar-refractivity contribution in [2.75, 3.05) is 6.61 Å². The van der Waals surface area contributed by atoms with Crippen LogP contribution in [0.3, 0.4) is 0 Å². The molecule has 4 rings (SSSR count). The molecule has 6 nitrogen and oxygen atoms in total. The molecule has 0 amide bonds. The Morgan fingerprint density at radius 2 is 1.97 bits per heavy atom. The second-order valence-electron chi connectivity index (χ2n) is 9.42. The monoisotopic (exact) mass is 434 g/mol. The van der Waals surface area contributed by atoms with E-state index in [-0.39, 0.29) is 6.23 Å². The quantitative estimate of drug-likeness (QED) is 0.701. The molecular formula is C22H32BClN2O4. The maximum absolute atomic E-state index is 11.0. The van der Waals surface area contributed by atoms with Gasteiger partial charge in [-0.25, -0.2) is 4.68 Å². The number of fused-ring (bicyclic) bond motifs is 1. The number of aliphatic hydroxyl groups is 1. The van der Waals surface area contributed by atoms with Gasteiger partial charge in [-0.15, -0.1) is 0 Å². The van der Waals surface area contributed by atoms with Crippen molar-refractivity contribution in [3.05, 3.63) is 22.8 Å². The minimum atomic E-state index is -0.699. The highest BCUT2D eigenvalue weighted by atomic mass is 35.5. The number of ether oxygens (including phenoxy) is 1. The maximum Gasteiger partial charge on any atom is 0.496 e. The van der Waals surface area contributed by atoms with Crippen LogP contribution in [-0.2, 0) is 14.0 Å². The van der Waals surface area contributed by atoms with E-state index >= 15 is 0 Å².